The number of aliphatic hydroxyl groups is 1. The zero-order chi connectivity index (χ0) is 17.6. The third-order valence-corrected chi connectivity index (χ3v) is 3.11. The maximum atomic E-state index is 11.9. The zero-order valence-electron chi connectivity index (χ0n) is 13.8. The van der Waals surface area contributed by atoms with Crippen molar-refractivity contribution in [3.63, 3.8) is 0 Å². The summed E-state index contributed by atoms with van der Waals surface area (Å²) < 4.78 is 0. The lowest BCUT2D eigenvalue weighted by Gasteiger charge is -2.23. The summed E-state index contributed by atoms with van der Waals surface area (Å²) in [4.78, 5) is 35.0. The van der Waals surface area contributed by atoms with Crippen molar-refractivity contribution in [3.05, 3.63) is 41.5 Å². The van der Waals surface area contributed by atoms with Gasteiger partial charge < -0.3 is 15.7 Å². The number of carbonyl (C=O) groups excluding carboxylic acids is 3. The minimum absolute atomic E-state index is 0.0539. The lowest BCUT2D eigenvalue weighted by molar-refractivity contribution is -0.120. The normalized spacial score (nSPS) is 11.8. The SMILES string of the molecule is CC(=O)c1ccc(NC(=O)/C=C(/C)C(=O)NC(C)(C)CO)cc1. The maximum absolute atomic E-state index is 11.9. The monoisotopic (exact) mass is 318 g/mol. The van der Waals surface area contributed by atoms with E-state index in [2.05, 4.69) is 10.6 Å². The lowest BCUT2D eigenvalue weighted by atomic mass is 10.1. The Kier molecular flexibility index (Phi) is 6.21. The number of carbonyl (C=O) groups is 3. The average molecular weight is 318 g/mol. The first-order chi connectivity index (χ1) is 10.6. The third-order valence-electron chi connectivity index (χ3n) is 3.11. The van der Waals surface area contributed by atoms with Crippen molar-refractivity contribution in [1.82, 2.24) is 5.32 Å². The fourth-order valence-electron chi connectivity index (χ4n) is 1.67. The van der Waals surface area contributed by atoms with Crippen molar-refractivity contribution in [1.29, 1.82) is 0 Å². The van der Waals surface area contributed by atoms with E-state index in [-0.39, 0.29) is 18.0 Å². The van der Waals surface area contributed by atoms with E-state index in [0.717, 1.165) is 0 Å². The summed E-state index contributed by atoms with van der Waals surface area (Å²) in [5, 5.41) is 14.4. The van der Waals surface area contributed by atoms with Crippen LogP contribution in [0.1, 0.15) is 38.1 Å². The molecule has 0 spiro atoms. The van der Waals surface area contributed by atoms with Gasteiger partial charge in [0, 0.05) is 22.9 Å². The first-order valence-electron chi connectivity index (χ1n) is 7.18. The number of Topliss-reactive ketones (excluding diaryl/α,β-unsaturated/α-hetero) is 1. The van der Waals surface area contributed by atoms with Gasteiger partial charge in [-0.05, 0) is 52.0 Å². The van der Waals surface area contributed by atoms with Crippen LogP contribution in [-0.2, 0) is 9.59 Å². The molecular weight excluding hydrogens is 296 g/mol. The molecule has 0 unspecified atom stereocenters. The molecule has 0 aliphatic heterocycles. The van der Waals surface area contributed by atoms with Gasteiger partial charge in [-0.3, -0.25) is 14.4 Å². The first kappa shape index (κ1) is 18.6. The van der Waals surface area contributed by atoms with E-state index >= 15 is 0 Å². The number of aliphatic hydroxyl groups excluding tert-OH is 1. The summed E-state index contributed by atoms with van der Waals surface area (Å²) >= 11 is 0. The fourth-order valence-corrected chi connectivity index (χ4v) is 1.67. The highest BCUT2D eigenvalue weighted by molar-refractivity contribution is 6.06. The molecular formula is C17H22N2O4. The Bertz CT molecular complexity index is 630. The topological polar surface area (TPSA) is 95.5 Å². The van der Waals surface area contributed by atoms with Crippen molar-refractivity contribution in [2.45, 2.75) is 33.2 Å². The summed E-state index contributed by atoms with van der Waals surface area (Å²) in [6.45, 7) is 6.12. The minimum Gasteiger partial charge on any atom is -0.394 e. The number of ketones is 1. The van der Waals surface area contributed by atoms with Crippen molar-refractivity contribution >= 4 is 23.3 Å². The van der Waals surface area contributed by atoms with Crippen LogP contribution in [0.2, 0.25) is 0 Å². The van der Waals surface area contributed by atoms with Crippen LogP contribution in [0.15, 0.2) is 35.9 Å². The summed E-state index contributed by atoms with van der Waals surface area (Å²) in [5.41, 5.74) is 0.551. The van der Waals surface area contributed by atoms with E-state index in [9.17, 15) is 14.4 Å². The molecule has 1 rings (SSSR count). The smallest absolute Gasteiger partial charge is 0.248 e. The second kappa shape index (κ2) is 7.69. The predicted molar refractivity (Wildman–Crippen MR) is 88.1 cm³/mol. The first-order valence-corrected chi connectivity index (χ1v) is 7.18. The Morgan fingerprint density at radius 2 is 1.70 bits per heavy atom. The van der Waals surface area contributed by atoms with E-state index < -0.39 is 17.4 Å². The second-order valence-corrected chi connectivity index (χ2v) is 5.95. The molecule has 0 atom stereocenters. The number of benzene rings is 1. The Hall–Kier alpha value is -2.47. The van der Waals surface area contributed by atoms with Crippen LogP contribution in [0.4, 0.5) is 5.69 Å². The van der Waals surface area contributed by atoms with Gasteiger partial charge in [0.2, 0.25) is 11.8 Å². The quantitative estimate of drug-likeness (QED) is 0.549. The van der Waals surface area contributed by atoms with E-state index in [4.69, 9.17) is 5.11 Å². The molecule has 0 saturated heterocycles. The molecule has 0 bridgehead atoms. The number of nitrogens with one attached hydrogen (secondary N) is 2. The van der Waals surface area contributed by atoms with Crippen LogP contribution in [0.5, 0.6) is 0 Å². The van der Waals surface area contributed by atoms with Gasteiger partial charge in [-0.1, -0.05) is 0 Å². The molecule has 124 valence electrons. The number of rotatable bonds is 6. The Balaban J connectivity index is 2.70. The number of hydrogen-bond donors (Lipinski definition) is 3. The van der Waals surface area contributed by atoms with Gasteiger partial charge in [-0.15, -0.1) is 0 Å². The molecule has 6 heteroatoms. The fraction of sp³-hybridized carbons (Fsp3) is 0.353. The van der Waals surface area contributed by atoms with Crippen LogP contribution in [0, 0.1) is 0 Å². The van der Waals surface area contributed by atoms with Crippen LogP contribution in [-0.4, -0.2) is 34.8 Å². The molecule has 0 aliphatic carbocycles. The van der Waals surface area contributed by atoms with Crippen molar-refractivity contribution < 1.29 is 19.5 Å². The van der Waals surface area contributed by atoms with Crippen LogP contribution in [0.25, 0.3) is 0 Å². The Morgan fingerprint density at radius 1 is 1.13 bits per heavy atom. The summed E-state index contributed by atoms with van der Waals surface area (Å²) in [7, 11) is 0. The van der Waals surface area contributed by atoms with Gasteiger partial charge in [0.25, 0.3) is 0 Å². The molecule has 6 nitrogen and oxygen atoms in total. The standard InChI is InChI=1S/C17H22N2O4/c1-11(16(23)19-17(3,4)10-20)9-15(22)18-14-7-5-13(6-8-14)12(2)21/h5-9,20H,10H2,1-4H3,(H,18,22)(H,19,23)/b11-9-. The van der Waals surface area contributed by atoms with Crippen molar-refractivity contribution in [2.24, 2.45) is 0 Å². The summed E-state index contributed by atoms with van der Waals surface area (Å²) in [6.07, 6.45) is 1.18. The third kappa shape index (κ3) is 6.04. The van der Waals surface area contributed by atoms with Gasteiger partial charge in [0.15, 0.2) is 5.78 Å². The average Bonchev–Trinajstić information content (AvgIpc) is 2.47. The van der Waals surface area contributed by atoms with Gasteiger partial charge in [-0.25, -0.2) is 0 Å². The van der Waals surface area contributed by atoms with E-state index in [0.29, 0.717) is 11.3 Å². The maximum Gasteiger partial charge on any atom is 0.248 e. The molecule has 0 heterocycles. The molecule has 0 fully saturated rings. The number of amides is 2. The van der Waals surface area contributed by atoms with E-state index in [1.54, 1.807) is 38.1 Å². The van der Waals surface area contributed by atoms with Gasteiger partial charge in [0.05, 0.1) is 12.1 Å². The highest BCUT2D eigenvalue weighted by Crippen LogP contribution is 2.10. The van der Waals surface area contributed by atoms with E-state index in [1.165, 1.54) is 19.9 Å². The zero-order valence-corrected chi connectivity index (χ0v) is 13.8. The molecule has 0 radical (unpaired) electrons. The predicted octanol–water partition coefficient (Wildman–Crippen LogP) is 1.66. The molecule has 0 saturated carbocycles. The number of anilines is 1. The Labute approximate surface area is 135 Å². The largest absolute Gasteiger partial charge is 0.394 e. The molecule has 1 aromatic carbocycles. The second-order valence-electron chi connectivity index (χ2n) is 5.95. The highest BCUT2D eigenvalue weighted by Gasteiger charge is 2.20. The number of hydrogen-bond acceptors (Lipinski definition) is 4. The molecule has 0 aromatic heterocycles. The van der Waals surface area contributed by atoms with E-state index in [1.807, 2.05) is 0 Å². The van der Waals surface area contributed by atoms with Crippen molar-refractivity contribution in [2.75, 3.05) is 11.9 Å². The molecule has 0 aliphatic rings. The molecule has 1 aromatic rings. The minimum atomic E-state index is -0.759. The van der Waals surface area contributed by atoms with Crippen LogP contribution in [0.3, 0.4) is 0 Å². The van der Waals surface area contributed by atoms with Crippen LogP contribution >= 0.6 is 0 Å². The van der Waals surface area contributed by atoms with Crippen molar-refractivity contribution in [3.8, 4) is 0 Å². The molecule has 2 amide bonds. The summed E-state index contributed by atoms with van der Waals surface area (Å²) in [5.74, 6) is -0.928. The van der Waals surface area contributed by atoms with Crippen LogP contribution < -0.4 is 10.6 Å². The highest BCUT2D eigenvalue weighted by atomic mass is 16.3. The summed E-state index contributed by atoms with van der Waals surface area (Å²) in [6, 6.07) is 6.47. The Morgan fingerprint density at radius 3 is 2.17 bits per heavy atom. The van der Waals surface area contributed by atoms with Gasteiger partial charge in [0.1, 0.15) is 0 Å². The molecule has 3 N–H and O–H groups in total. The molecule has 23 heavy (non-hydrogen) atoms. The lowest BCUT2D eigenvalue weighted by Crippen LogP contribution is -2.46. The van der Waals surface area contributed by atoms with Gasteiger partial charge >= 0.3 is 0 Å². The van der Waals surface area contributed by atoms with Gasteiger partial charge in [-0.2, -0.15) is 0 Å².